The summed E-state index contributed by atoms with van der Waals surface area (Å²) in [7, 11) is 1.62. The lowest BCUT2D eigenvalue weighted by atomic mass is 9.92. The van der Waals surface area contributed by atoms with E-state index in [0.717, 1.165) is 24.3 Å². The highest BCUT2D eigenvalue weighted by atomic mass is 16.5. The summed E-state index contributed by atoms with van der Waals surface area (Å²) in [5, 5.41) is 2.89. The number of carbonyl (C=O) groups is 1. The van der Waals surface area contributed by atoms with Crippen LogP contribution in [-0.2, 0) is 17.6 Å². The van der Waals surface area contributed by atoms with Crippen LogP contribution < -0.4 is 19.5 Å². The summed E-state index contributed by atoms with van der Waals surface area (Å²) in [6, 6.07) is 13.6. The van der Waals surface area contributed by atoms with Crippen LogP contribution in [0.2, 0.25) is 0 Å². The van der Waals surface area contributed by atoms with Gasteiger partial charge in [-0.15, -0.1) is 0 Å². The fourth-order valence-corrected chi connectivity index (χ4v) is 3.42. The molecule has 1 amide bonds. The number of methoxy groups -OCH3 is 1. The Balaban J connectivity index is 1.47. The number of amides is 1. The van der Waals surface area contributed by atoms with Crippen molar-refractivity contribution < 1.29 is 19.0 Å². The molecule has 0 aromatic heterocycles. The van der Waals surface area contributed by atoms with Crippen LogP contribution in [-0.4, -0.2) is 32.3 Å². The van der Waals surface area contributed by atoms with E-state index in [0.29, 0.717) is 25.3 Å². The van der Waals surface area contributed by atoms with E-state index < -0.39 is 6.10 Å². The zero-order chi connectivity index (χ0) is 19.8. The van der Waals surface area contributed by atoms with Gasteiger partial charge in [-0.3, -0.25) is 4.79 Å². The average molecular weight is 383 g/mol. The minimum atomic E-state index is -0.501. The minimum Gasteiger partial charge on any atom is -0.497 e. The van der Waals surface area contributed by atoms with Gasteiger partial charge >= 0.3 is 0 Å². The molecule has 0 spiro atoms. The third kappa shape index (κ3) is 5.41. The highest BCUT2D eigenvalue weighted by Gasteiger charge is 2.19. The second-order valence-corrected chi connectivity index (χ2v) is 6.97. The van der Waals surface area contributed by atoms with Crippen LogP contribution in [0.4, 0.5) is 0 Å². The Morgan fingerprint density at radius 1 is 1.04 bits per heavy atom. The number of aryl methyl sites for hydroxylation is 2. The van der Waals surface area contributed by atoms with Crippen LogP contribution in [0.1, 0.15) is 37.3 Å². The van der Waals surface area contributed by atoms with Crippen LogP contribution in [0.25, 0.3) is 0 Å². The highest BCUT2D eigenvalue weighted by molar-refractivity contribution is 5.81. The van der Waals surface area contributed by atoms with Crippen molar-refractivity contribution in [2.24, 2.45) is 0 Å². The maximum Gasteiger partial charge on any atom is 0.261 e. The van der Waals surface area contributed by atoms with E-state index in [1.165, 1.54) is 24.0 Å². The molecule has 0 fully saturated rings. The lowest BCUT2D eigenvalue weighted by Crippen LogP contribution is -2.39. The van der Waals surface area contributed by atoms with Crippen molar-refractivity contribution in [3.05, 3.63) is 53.6 Å². The smallest absolute Gasteiger partial charge is 0.261 e. The van der Waals surface area contributed by atoms with E-state index in [1.807, 2.05) is 37.3 Å². The summed E-state index contributed by atoms with van der Waals surface area (Å²) in [6.45, 7) is 2.75. The lowest BCUT2D eigenvalue weighted by molar-refractivity contribution is -0.128. The average Bonchev–Trinajstić information content (AvgIpc) is 2.75. The number of nitrogens with one attached hydrogen (secondary N) is 1. The summed E-state index contributed by atoms with van der Waals surface area (Å²) in [5.41, 5.74) is 2.76. The minimum absolute atomic E-state index is 0.116. The molecule has 3 rings (SSSR count). The Morgan fingerprint density at radius 3 is 2.61 bits per heavy atom. The summed E-state index contributed by atoms with van der Waals surface area (Å²) < 4.78 is 16.8. The standard InChI is InChI=1S/C23H29NO4/c1-3-22(28-21-12-11-17-7-4-5-8-18(17)15-21)23(25)24-13-14-27-20-10-6-9-19(16-20)26-2/h6,9-12,15-16,22H,3-5,7-8,13-14H2,1-2H3,(H,24,25)/t22-/m0/s1. The van der Waals surface area contributed by atoms with Crippen molar-refractivity contribution in [2.75, 3.05) is 20.3 Å². The Bertz CT molecular complexity index is 790. The molecule has 0 saturated heterocycles. The number of rotatable bonds is 9. The number of hydrogen-bond acceptors (Lipinski definition) is 4. The molecule has 0 radical (unpaired) electrons. The summed E-state index contributed by atoms with van der Waals surface area (Å²) in [6.07, 6.45) is 4.82. The van der Waals surface area contributed by atoms with Crippen molar-refractivity contribution in [1.29, 1.82) is 0 Å². The second kappa shape index (κ2) is 10.0. The molecule has 1 N–H and O–H groups in total. The van der Waals surface area contributed by atoms with Gasteiger partial charge in [0.05, 0.1) is 13.7 Å². The molecule has 0 aliphatic heterocycles. The van der Waals surface area contributed by atoms with Crippen molar-refractivity contribution in [1.82, 2.24) is 5.32 Å². The largest absolute Gasteiger partial charge is 0.497 e. The first-order valence-electron chi connectivity index (χ1n) is 10.0. The van der Waals surface area contributed by atoms with E-state index in [2.05, 4.69) is 17.4 Å². The Morgan fingerprint density at radius 2 is 1.82 bits per heavy atom. The van der Waals surface area contributed by atoms with Crippen molar-refractivity contribution in [3.8, 4) is 17.2 Å². The predicted octanol–water partition coefficient (Wildman–Crippen LogP) is 3.93. The Hall–Kier alpha value is -2.69. The molecule has 0 heterocycles. The number of carbonyl (C=O) groups excluding carboxylic acids is 1. The highest BCUT2D eigenvalue weighted by Crippen LogP contribution is 2.26. The number of ether oxygens (including phenoxy) is 3. The van der Waals surface area contributed by atoms with Crippen LogP contribution >= 0.6 is 0 Å². The van der Waals surface area contributed by atoms with Crippen molar-refractivity contribution in [3.63, 3.8) is 0 Å². The molecule has 5 heteroatoms. The molecule has 0 bridgehead atoms. The molecule has 0 unspecified atom stereocenters. The van der Waals surface area contributed by atoms with E-state index in [1.54, 1.807) is 7.11 Å². The van der Waals surface area contributed by atoms with E-state index in [-0.39, 0.29) is 5.91 Å². The predicted molar refractivity (Wildman–Crippen MR) is 109 cm³/mol. The number of fused-ring (bicyclic) bond motifs is 1. The van der Waals surface area contributed by atoms with E-state index in [9.17, 15) is 4.79 Å². The van der Waals surface area contributed by atoms with Gasteiger partial charge in [-0.2, -0.15) is 0 Å². The maximum atomic E-state index is 12.5. The summed E-state index contributed by atoms with van der Waals surface area (Å²) >= 11 is 0. The monoisotopic (exact) mass is 383 g/mol. The molecule has 5 nitrogen and oxygen atoms in total. The van der Waals surface area contributed by atoms with Gasteiger partial charge in [0, 0.05) is 6.07 Å². The van der Waals surface area contributed by atoms with Crippen LogP contribution in [0.15, 0.2) is 42.5 Å². The fourth-order valence-electron chi connectivity index (χ4n) is 3.42. The third-order valence-corrected chi connectivity index (χ3v) is 4.97. The first-order valence-corrected chi connectivity index (χ1v) is 10.0. The van der Waals surface area contributed by atoms with Gasteiger partial charge in [0.2, 0.25) is 0 Å². The van der Waals surface area contributed by atoms with Crippen LogP contribution in [0.5, 0.6) is 17.2 Å². The lowest BCUT2D eigenvalue weighted by Gasteiger charge is -2.20. The normalized spacial score (nSPS) is 13.9. The third-order valence-electron chi connectivity index (χ3n) is 4.97. The molecule has 2 aromatic carbocycles. The van der Waals surface area contributed by atoms with Gasteiger partial charge in [0.25, 0.3) is 5.91 Å². The second-order valence-electron chi connectivity index (χ2n) is 6.97. The van der Waals surface area contributed by atoms with Gasteiger partial charge in [0.1, 0.15) is 23.9 Å². The molecular formula is C23H29NO4. The number of hydrogen-bond donors (Lipinski definition) is 1. The molecular weight excluding hydrogens is 354 g/mol. The molecule has 0 saturated carbocycles. The molecule has 1 aliphatic rings. The zero-order valence-corrected chi connectivity index (χ0v) is 16.7. The first kappa shape index (κ1) is 20.1. The van der Waals surface area contributed by atoms with E-state index in [4.69, 9.17) is 14.2 Å². The molecule has 2 aromatic rings. The molecule has 150 valence electrons. The van der Waals surface area contributed by atoms with Gasteiger partial charge in [-0.1, -0.05) is 19.1 Å². The fraction of sp³-hybridized carbons (Fsp3) is 0.435. The van der Waals surface area contributed by atoms with E-state index >= 15 is 0 Å². The SMILES string of the molecule is CC[C@H](Oc1ccc2c(c1)CCCC2)C(=O)NCCOc1cccc(OC)c1. The Kier molecular flexibility index (Phi) is 7.18. The summed E-state index contributed by atoms with van der Waals surface area (Å²) in [4.78, 5) is 12.5. The maximum absolute atomic E-state index is 12.5. The van der Waals surface area contributed by atoms with Gasteiger partial charge < -0.3 is 19.5 Å². The molecule has 1 atom stereocenters. The molecule has 28 heavy (non-hydrogen) atoms. The number of benzene rings is 2. The van der Waals surface area contributed by atoms with Crippen molar-refractivity contribution >= 4 is 5.91 Å². The van der Waals surface area contributed by atoms with Crippen molar-refractivity contribution in [2.45, 2.75) is 45.1 Å². The Labute approximate surface area is 167 Å². The summed E-state index contributed by atoms with van der Waals surface area (Å²) in [5.74, 6) is 2.11. The first-order chi connectivity index (χ1) is 13.7. The molecule has 1 aliphatic carbocycles. The van der Waals surface area contributed by atoms with Crippen LogP contribution in [0, 0.1) is 0 Å². The van der Waals surface area contributed by atoms with Crippen LogP contribution in [0.3, 0.4) is 0 Å². The van der Waals surface area contributed by atoms with Gasteiger partial charge in [-0.05, 0) is 67.5 Å². The van der Waals surface area contributed by atoms with Gasteiger partial charge in [-0.25, -0.2) is 0 Å². The topological polar surface area (TPSA) is 56.8 Å². The van der Waals surface area contributed by atoms with Gasteiger partial charge in [0.15, 0.2) is 6.10 Å². The quantitative estimate of drug-likeness (QED) is 0.667. The zero-order valence-electron chi connectivity index (χ0n) is 16.7.